The van der Waals surface area contributed by atoms with Gasteiger partial charge in [-0.15, -0.1) is 0 Å². The van der Waals surface area contributed by atoms with Crippen LogP contribution >= 0.6 is 0 Å². The highest BCUT2D eigenvalue weighted by atomic mass is 32.2. The second-order valence-corrected chi connectivity index (χ2v) is 16.7. The third kappa shape index (κ3) is 4.55. The molecule has 0 unspecified atom stereocenters. The summed E-state index contributed by atoms with van der Waals surface area (Å²) in [6.45, 7) is 14.3. The summed E-state index contributed by atoms with van der Waals surface area (Å²) in [7, 11) is -4.51. The summed E-state index contributed by atoms with van der Waals surface area (Å²) in [5.74, 6) is -1.06. The van der Waals surface area contributed by atoms with Crippen LogP contribution < -0.4 is 0 Å². The molecular weight excluding hydrogens is 412 g/mol. The first-order valence-electron chi connectivity index (χ1n) is 10.1. The van der Waals surface area contributed by atoms with Gasteiger partial charge in [0, 0.05) is 13.0 Å². The Labute approximate surface area is 176 Å². The first-order chi connectivity index (χ1) is 13.0. The largest absolute Gasteiger partial charge is 0.467 e. The minimum absolute atomic E-state index is 0.0587. The van der Waals surface area contributed by atoms with E-state index in [0.717, 1.165) is 6.26 Å². The Bertz CT molecular complexity index is 761. The zero-order valence-electron chi connectivity index (χ0n) is 19.1. The second-order valence-electron chi connectivity index (χ2n) is 10.0. The van der Waals surface area contributed by atoms with Crippen LogP contribution in [0.4, 0.5) is 0 Å². The first-order valence-corrected chi connectivity index (χ1v) is 14.8. The van der Waals surface area contributed by atoms with Gasteiger partial charge in [-0.05, 0) is 24.1 Å². The van der Waals surface area contributed by atoms with Crippen LogP contribution in [0.1, 0.15) is 41.0 Å². The SMILES string of the molecule is COC(=O)[C@@H]1C[C@@H](O[Si](C)(C)C(C)(C)C)[C@H]2CN(S(C)(=O)=O)[C@H](C(C)C)C(=O)N21. The van der Waals surface area contributed by atoms with Crippen molar-refractivity contribution in [3.05, 3.63) is 0 Å². The number of amides is 1. The molecule has 8 nitrogen and oxygen atoms in total. The van der Waals surface area contributed by atoms with Gasteiger partial charge in [0.15, 0.2) is 8.32 Å². The molecule has 0 N–H and O–H groups in total. The molecule has 4 atom stereocenters. The van der Waals surface area contributed by atoms with Gasteiger partial charge in [-0.1, -0.05) is 34.6 Å². The molecule has 2 aliphatic rings. The summed E-state index contributed by atoms with van der Waals surface area (Å²) < 4.78 is 37.8. The van der Waals surface area contributed by atoms with E-state index in [4.69, 9.17) is 9.16 Å². The number of hydrogen-bond acceptors (Lipinski definition) is 6. The molecule has 0 aromatic carbocycles. The fourth-order valence-corrected chi connectivity index (χ4v) is 6.52. The third-order valence-corrected chi connectivity index (χ3v) is 12.3. The third-order valence-electron chi connectivity index (χ3n) is 6.55. The average molecular weight is 449 g/mol. The number of esters is 1. The van der Waals surface area contributed by atoms with Gasteiger partial charge < -0.3 is 14.1 Å². The predicted molar refractivity (Wildman–Crippen MR) is 113 cm³/mol. The predicted octanol–water partition coefficient (Wildman–Crippen LogP) is 1.82. The molecule has 10 heteroatoms. The van der Waals surface area contributed by atoms with E-state index in [1.807, 2.05) is 13.8 Å². The highest BCUT2D eigenvalue weighted by Crippen LogP contribution is 2.42. The van der Waals surface area contributed by atoms with Crippen molar-refractivity contribution < 1.29 is 27.2 Å². The standard InChI is InChI=1S/C19H36N2O6SSi/c1-12(2)16-17(22)21-13(18(23)26-6)10-15(27-29(8,9)19(3,4)5)14(21)11-20(16)28(7,24)25/h12-16H,10-11H2,1-9H3/t13-,14+,15+,16+/m0/s1. The molecule has 0 bridgehead atoms. The Hall–Kier alpha value is -0.973. The second kappa shape index (κ2) is 7.94. The van der Waals surface area contributed by atoms with Crippen molar-refractivity contribution in [3.8, 4) is 0 Å². The Balaban J connectivity index is 2.49. The van der Waals surface area contributed by atoms with E-state index in [9.17, 15) is 18.0 Å². The van der Waals surface area contributed by atoms with Crippen LogP contribution in [0.2, 0.25) is 18.1 Å². The maximum Gasteiger partial charge on any atom is 0.328 e. The Morgan fingerprint density at radius 2 is 1.79 bits per heavy atom. The summed E-state index contributed by atoms with van der Waals surface area (Å²) in [4.78, 5) is 27.4. The van der Waals surface area contributed by atoms with Gasteiger partial charge in [-0.25, -0.2) is 13.2 Å². The number of nitrogens with zero attached hydrogens (tertiary/aromatic N) is 2. The zero-order chi connectivity index (χ0) is 22.5. The molecule has 0 aromatic heterocycles. The lowest BCUT2D eigenvalue weighted by Gasteiger charge is -2.46. The van der Waals surface area contributed by atoms with Crippen LogP contribution in [0, 0.1) is 5.92 Å². The van der Waals surface area contributed by atoms with E-state index < -0.39 is 48.5 Å². The number of rotatable bonds is 5. The van der Waals surface area contributed by atoms with Crippen LogP contribution in [0.3, 0.4) is 0 Å². The van der Waals surface area contributed by atoms with Crippen LogP contribution in [-0.4, -0.2) is 82.0 Å². The Kier molecular flexibility index (Phi) is 6.65. The summed E-state index contributed by atoms with van der Waals surface area (Å²) in [6, 6.07) is -2.10. The molecule has 0 aliphatic carbocycles. The number of carbonyl (C=O) groups excluding carboxylic acids is 2. The molecule has 2 aliphatic heterocycles. The number of methoxy groups -OCH3 is 1. The average Bonchev–Trinajstić information content (AvgIpc) is 2.90. The lowest BCUT2D eigenvalue weighted by Crippen LogP contribution is -2.66. The van der Waals surface area contributed by atoms with E-state index in [-0.39, 0.29) is 23.4 Å². The number of fused-ring (bicyclic) bond motifs is 1. The maximum absolute atomic E-state index is 13.4. The smallest absolute Gasteiger partial charge is 0.328 e. The summed E-state index contributed by atoms with van der Waals surface area (Å²) in [5, 5.41) is -0.0587. The molecule has 0 spiro atoms. The van der Waals surface area contributed by atoms with Gasteiger partial charge in [0.05, 0.1) is 25.5 Å². The van der Waals surface area contributed by atoms with Crippen molar-refractivity contribution in [2.45, 2.75) is 83.4 Å². The number of piperazine rings is 1. The van der Waals surface area contributed by atoms with E-state index >= 15 is 0 Å². The number of hydrogen-bond donors (Lipinski definition) is 0. The van der Waals surface area contributed by atoms with Crippen molar-refractivity contribution in [2.75, 3.05) is 19.9 Å². The van der Waals surface area contributed by atoms with Crippen molar-refractivity contribution in [2.24, 2.45) is 5.92 Å². The van der Waals surface area contributed by atoms with Crippen LogP contribution in [0.15, 0.2) is 0 Å². The number of carbonyl (C=O) groups is 2. The monoisotopic (exact) mass is 448 g/mol. The zero-order valence-corrected chi connectivity index (χ0v) is 20.9. The molecule has 0 saturated carbocycles. The first kappa shape index (κ1) is 24.3. The van der Waals surface area contributed by atoms with E-state index in [0.29, 0.717) is 6.42 Å². The van der Waals surface area contributed by atoms with Gasteiger partial charge >= 0.3 is 5.97 Å². The van der Waals surface area contributed by atoms with Crippen molar-refractivity contribution in [1.82, 2.24) is 9.21 Å². The molecule has 1 amide bonds. The molecule has 2 heterocycles. The van der Waals surface area contributed by atoms with Crippen molar-refractivity contribution in [1.29, 1.82) is 0 Å². The lowest BCUT2D eigenvalue weighted by molar-refractivity contribution is -0.157. The topological polar surface area (TPSA) is 93.2 Å². The summed E-state index contributed by atoms with van der Waals surface area (Å²) >= 11 is 0. The minimum atomic E-state index is -3.61. The van der Waals surface area contributed by atoms with Gasteiger partial charge in [0.2, 0.25) is 15.9 Å². The fraction of sp³-hybridized carbons (Fsp3) is 0.895. The Morgan fingerprint density at radius 1 is 1.24 bits per heavy atom. The molecule has 0 aromatic rings. The molecular formula is C19H36N2O6SSi. The molecule has 168 valence electrons. The molecule has 2 saturated heterocycles. The summed E-state index contributed by atoms with van der Waals surface area (Å²) in [6.07, 6.45) is 1.03. The summed E-state index contributed by atoms with van der Waals surface area (Å²) in [5.41, 5.74) is 0. The number of sulfonamides is 1. The normalized spacial score (nSPS) is 29.3. The maximum atomic E-state index is 13.4. The fourth-order valence-electron chi connectivity index (χ4n) is 3.98. The van der Waals surface area contributed by atoms with Gasteiger partial charge in [0.25, 0.3) is 0 Å². The van der Waals surface area contributed by atoms with Gasteiger partial charge in [0.1, 0.15) is 12.1 Å². The molecule has 0 radical (unpaired) electrons. The van der Waals surface area contributed by atoms with E-state index in [2.05, 4.69) is 33.9 Å². The van der Waals surface area contributed by atoms with Crippen molar-refractivity contribution >= 4 is 30.2 Å². The van der Waals surface area contributed by atoms with Crippen LogP contribution in [0.5, 0.6) is 0 Å². The molecule has 2 rings (SSSR count). The molecule has 2 fully saturated rings. The van der Waals surface area contributed by atoms with Gasteiger partial charge in [-0.3, -0.25) is 4.79 Å². The minimum Gasteiger partial charge on any atom is -0.467 e. The highest BCUT2D eigenvalue weighted by molar-refractivity contribution is 7.88. The van der Waals surface area contributed by atoms with Crippen LogP contribution in [0.25, 0.3) is 0 Å². The van der Waals surface area contributed by atoms with Gasteiger partial charge in [-0.2, -0.15) is 4.31 Å². The van der Waals surface area contributed by atoms with Crippen LogP contribution in [-0.2, 0) is 28.8 Å². The Morgan fingerprint density at radius 3 is 2.21 bits per heavy atom. The van der Waals surface area contributed by atoms with E-state index in [1.54, 1.807) is 0 Å². The molecule has 29 heavy (non-hydrogen) atoms. The lowest BCUT2D eigenvalue weighted by atomic mass is 9.98. The van der Waals surface area contributed by atoms with E-state index in [1.165, 1.54) is 16.3 Å². The van der Waals surface area contributed by atoms with Crippen molar-refractivity contribution in [3.63, 3.8) is 0 Å². The quantitative estimate of drug-likeness (QED) is 0.470. The number of ether oxygens (including phenoxy) is 1. The highest BCUT2D eigenvalue weighted by Gasteiger charge is 2.57.